The number of piperazine rings is 1. The molecule has 9 heteroatoms. The van der Waals surface area contributed by atoms with Gasteiger partial charge in [-0.3, -0.25) is 14.2 Å². The summed E-state index contributed by atoms with van der Waals surface area (Å²) in [4.78, 5) is 33.2. The fraction of sp³-hybridized carbons (Fsp3) is 0.333. The Balaban J connectivity index is 1.43. The average Bonchev–Trinajstić information content (AvgIpc) is 3.06. The predicted molar refractivity (Wildman–Crippen MR) is 101 cm³/mol. The van der Waals surface area contributed by atoms with Crippen molar-refractivity contribution in [1.29, 1.82) is 0 Å². The molecule has 1 aliphatic rings. The lowest BCUT2D eigenvalue weighted by Gasteiger charge is -2.36. The third kappa shape index (κ3) is 3.40. The molecule has 4 rings (SSSR count). The molecule has 0 radical (unpaired) electrons. The summed E-state index contributed by atoms with van der Waals surface area (Å²) in [6.07, 6.45) is 1.33. The van der Waals surface area contributed by atoms with Crippen molar-refractivity contribution >= 4 is 34.3 Å². The molecule has 140 valence electrons. The van der Waals surface area contributed by atoms with Crippen molar-refractivity contribution < 1.29 is 9.32 Å². The number of hydrogen-bond donors (Lipinski definition) is 0. The van der Waals surface area contributed by atoms with Crippen LogP contribution in [0.2, 0.25) is 5.02 Å². The lowest BCUT2D eigenvalue weighted by Crippen LogP contribution is -2.50. The van der Waals surface area contributed by atoms with E-state index in [0.717, 1.165) is 18.8 Å². The largest absolute Gasteiger partial charge is 0.368 e. The normalized spacial score (nSPS) is 14.7. The summed E-state index contributed by atoms with van der Waals surface area (Å²) in [7, 11) is 0. The van der Waals surface area contributed by atoms with E-state index in [2.05, 4.69) is 15.0 Å². The van der Waals surface area contributed by atoms with Gasteiger partial charge in [0.05, 0.1) is 5.69 Å². The molecule has 0 bridgehead atoms. The molecule has 8 nitrogen and oxygen atoms in total. The van der Waals surface area contributed by atoms with Crippen LogP contribution in [0.5, 0.6) is 0 Å². The van der Waals surface area contributed by atoms with Gasteiger partial charge in [-0.05, 0) is 31.2 Å². The van der Waals surface area contributed by atoms with Crippen molar-refractivity contribution in [3.63, 3.8) is 0 Å². The molecule has 0 atom stereocenters. The number of aryl methyl sites for hydroxylation is 1. The van der Waals surface area contributed by atoms with Crippen LogP contribution >= 0.6 is 11.6 Å². The third-order valence-electron chi connectivity index (χ3n) is 4.76. The van der Waals surface area contributed by atoms with Crippen LogP contribution < -0.4 is 10.5 Å². The molecule has 1 saturated heterocycles. The molecule has 27 heavy (non-hydrogen) atoms. The SMILES string of the molecule is Cc1noc2ncn(CC(=O)N3CCN(c4ccc(Cl)cc4)CC3)c(=O)c12. The minimum Gasteiger partial charge on any atom is -0.368 e. The van der Waals surface area contributed by atoms with E-state index >= 15 is 0 Å². The van der Waals surface area contributed by atoms with Gasteiger partial charge in [-0.15, -0.1) is 0 Å². The van der Waals surface area contributed by atoms with E-state index < -0.39 is 0 Å². The van der Waals surface area contributed by atoms with Crippen LogP contribution in [0, 0.1) is 6.92 Å². The van der Waals surface area contributed by atoms with Gasteiger partial charge in [-0.1, -0.05) is 16.8 Å². The van der Waals surface area contributed by atoms with Crippen molar-refractivity contribution in [2.45, 2.75) is 13.5 Å². The number of rotatable bonds is 3. The van der Waals surface area contributed by atoms with Gasteiger partial charge in [-0.25, -0.2) is 4.98 Å². The summed E-state index contributed by atoms with van der Waals surface area (Å²) in [6.45, 7) is 4.27. The fourth-order valence-corrected chi connectivity index (χ4v) is 3.36. The van der Waals surface area contributed by atoms with Crippen LogP contribution in [0.15, 0.2) is 39.9 Å². The first kappa shape index (κ1) is 17.5. The van der Waals surface area contributed by atoms with Gasteiger partial charge in [0.25, 0.3) is 11.3 Å². The van der Waals surface area contributed by atoms with Gasteiger partial charge in [0.1, 0.15) is 18.3 Å². The van der Waals surface area contributed by atoms with Crippen molar-refractivity contribution in [2.75, 3.05) is 31.1 Å². The maximum atomic E-state index is 12.6. The summed E-state index contributed by atoms with van der Waals surface area (Å²) in [5.41, 5.74) is 1.44. The minimum atomic E-state index is -0.313. The van der Waals surface area contributed by atoms with Crippen LogP contribution in [-0.2, 0) is 11.3 Å². The number of fused-ring (bicyclic) bond motifs is 1. The molecule has 2 aromatic heterocycles. The van der Waals surface area contributed by atoms with E-state index in [1.807, 2.05) is 24.3 Å². The molecular formula is C18H18ClN5O3. The Bertz CT molecular complexity index is 1040. The number of benzene rings is 1. The van der Waals surface area contributed by atoms with Crippen LogP contribution in [0.3, 0.4) is 0 Å². The van der Waals surface area contributed by atoms with E-state index in [1.54, 1.807) is 11.8 Å². The second-order valence-corrected chi connectivity index (χ2v) is 6.91. The van der Waals surface area contributed by atoms with Crippen molar-refractivity contribution in [1.82, 2.24) is 19.6 Å². The number of carbonyl (C=O) groups is 1. The molecule has 1 aromatic carbocycles. The zero-order chi connectivity index (χ0) is 19.0. The van der Waals surface area contributed by atoms with Gasteiger partial charge < -0.3 is 14.3 Å². The van der Waals surface area contributed by atoms with E-state index in [1.165, 1.54) is 10.9 Å². The van der Waals surface area contributed by atoms with E-state index in [-0.39, 0.29) is 23.7 Å². The summed E-state index contributed by atoms with van der Waals surface area (Å²) < 4.78 is 6.29. The zero-order valence-corrected chi connectivity index (χ0v) is 15.5. The predicted octanol–water partition coefficient (Wildman–Crippen LogP) is 1.70. The summed E-state index contributed by atoms with van der Waals surface area (Å²) in [5.74, 6) is -0.108. The number of hydrogen-bond acceptors (Lipinski definition) is 6. The molecular weight excluding hydrogens is 370 g/mol. The van der Waals surface area contributed by atoms with Crippen LogP contribution in [0.1, 0.15) is 5.69 Å². The molecule has 0 saturated carbocycles. The van der Waals surface area contributed by atoms with Crippen LogP contribution in [0.25, 0.3) is 11.1 Å². The van der Waals surface area contributed by atoms with Gasteiger partial charge in [0.15, 0.2) is 0 Å². The quantitative estimate of drug-likeness (QED) is 0.680. The first-order valence-corrected chi connectivity index (χ1v) is 9.00. The summed E-state index contributed by atoms with van der Waals surface area (Å²) in [6, 6.07) is 7.66. The number of carbonyl (C=O) groups excluding carboxylic acids is 1. The first-order valence-electron chi connectivity index (χ1n) is 8.62. The van der Waals surface area contributed by atoms with E-state index in [9.17, 15) is 9.59 Å². The van der Waals surface area contributed by atoms with Crippen LogP contribution in [-0.4, -0.2) is 51.7 Å². The molecule has 3 heterocycles. The number of nitrogens with zero attached hydrogens (tertiary/aromatic N) is 5. The zero-order valence-electron chi connectivity index (χ0n) is 14.8. The molecule has 0 aliphatic carbocycles. The highest BCUT2D eigenvalue weighted by atomic mass is 35.5. The van der Waals surface area contributed by atoms with Gasteiger partial charge in [0, 0.05) is 36.9 Å². The van der Waals surface area contributed by atoms with E-state index in [4.69, 9.17) is 16.1 Å². The number of aromatic nitrogens is 3. The van der Waals surface area contributed by atoms with Crippen molar-refractivity contribution in [3.05, 3.63) is 51.7 Å². The topological polar surface area (TPSA) is 84.5 Å². The highest BCUT2D eigenvalue weighted by Crippen LogP contribution is 2.19. The highest BCUT2D eigenvalue weighted by Gasteiger charge is 2.22. The van der Waals surface area contributed by atoms with E-state index in [0.29, 0.717) is 29.2 Å². The third-order valence-corrected chi connectivity index (χ3v) is 5.02. The Morgan fingerprint density at radius 1 is 1.19 bits per heavy atom. The molecule has 0 N–H and O–H groups in total. The highest BCUT2D eigenvalue weighted by molar-refractivity contribution is 6.30. The smallest absolute Gasteiger partial charge is 0.267 e. The summed E-state index contributed by atoms with van der Waals surface area (Å²) in [5, 5.41) is 4.77. The average molecular weight is 388 g/mol. The second kappa shape index (κ2) is 7.03. The Morgan fingerprint density at radius 2 is 1.89 bits per heavy atom. The fourth-order valence-electron chi connectivity index (χ4n) is 3.23. The van der Waals surface area contributed by atoms with Crippen LogP contribution in [0.4, 0.5) is 5.69 Å². The molecule has 0 spiro atoms. The molecule has 1 amide bonds. The lowest BCUT2D eigenvalue weighted by atomic mass is 10.2. The summed E-state index contributed by atoms with van der Waals surface area (Å²) >= 11 is 5.93. The van der Waals surface area contributed by atoms with Gasteiger partial charge in [0.2, 0.25) is 5.91 Å². The maximum Gasteiger partial charge on any atom is 0.267 e. The molecule has 1 aliphatic heterocycles. The standard InChI is InChI=1S/C18H18ClN5O3/c1-12-16-17(27-21-12)20-11-24(18(16)26)10-15(25)23-8-6-22(7-9-23)14-4-2-13(19)3-5-14/h2-5,11H,6-10H2,1H3. The lowest BCUT2D eigenvalue weighted by molar-refractivity contribution is -0.132. The monoisotopic (exact) mass is 387 g/mol. The molecule has 0 unspecified atom stereocenters. The Kier molecular flexibility index (Phi) is 4.57. The van der Waals surface area contributed by atoms with Gasteiger partial charge >= 0.3 is 0 Å². The number of halogens is 1. The Morgan fingerprint density at radius 3 is 2.59 bits per heavy atom. The van der Waals surface area contributed by atoms with Gasteiger partial charge in [-0.2, -0.15) is 0 Å². The first-order chi connectivity index (χ1) is 13.0. The molecule has 1 fully saturated rings. The Labute approximate surface area is 159 Å². The minimum absolute atomic E-state index is 0.0483. The second-order valence-electron chi connectivity index (χ2n) is 6.47. The maximum absolute atomic E-state index is 12.6. The number of amides is 1. The number of anilines is 1. The van der Waals surface area contributed by atoms with Crippen molar-refractivity contribution in [3.8, 4) is 0 Å². The Hall–Kier alpha value is -2.87. The van der Waals surface area contributed by atoms with Crippen molar-refractivity contribution in [2.24, 2.45) is 0 Å². The molecule has 3 aromatic rings.